The minimum atomic E-state index is 0.110. The van der Waals surface area contributed by atoms with Crippen LogP contribution in [0.5, 0.6) is 0 Å². The van der Waals surface area contributed by atoms with Gasteiger partial charge in [0.05, 0.1) is 5.52 Å². The zero-order chi connectivity index (χ0) is 13.3. The second-order valence-corrected chi connectivity index (χ2v) is 5.82. The van der Waals surface area contributed by atoms with Crippen LogP contribution in [0.3, 0.4) is 0 Å². The van der Waals surface area contributed by atoms with E-state index in [-0.39, 0.29) is 11.5 Å². The summed E-state index contributed by atoms with van der Waals surface area (Å²) in [6, 6.07) is 10.6. The van der Waals surface area contributed by atoms with Crippen molar-refractivity contribution in [2.75, 3.05) is 0 Å². The number of aromatic nitrogens is 1. The van der Waals surface area contributed by atoms with Crippen molar-refractivity contribution in [1.82, 2.24) is 4.98 Å². The molecule has 0 spiro atoms. The van der Waals surface area contributed by atoms with Gasteiger partial charge in [-0.1, -0.05) is 44.0 Å². The smallest absolute Gasteiger partial charge is 0.0749 e. The highest BCUT2D eigenvalue weighted by atomic mass is 14.7. The van der Waals surface area contributed by atoms with Gasteiger partial charge in [0.25, 0.3) is 0 Å². The van der Waals surface area contributed by atoms with E-state index in [2.05, 4.69) is 36.2 Å². The molecule has 2 heteroatoms. The van der Waals surface area contributed by atoms with Crippen molar-refractivity contribution in [2.45, 2.75) is 45.1 Å². The number of benzene rings is 1. The Morgan fingerprint density at radius 1 is 1.21 bits per heavy atom. The molecule has 0 radical (unpaired) electrons. The summed E-state index contributed by atoms with van der Waals surface area (Å²) in [6.45, 7) is 2.28. The number of para-hydroxylation sites is 1. The molecule has 3 rings (SSSR count). The molecule has 1 fully saturated rings. The second kappa shape index (κ2) is 4.93. The van der Waals surface area contributed by atoms with Crippen LogP contribution in [-0.4, -0.2) is 4.98 Å². The highest BCUT2D eigenvalue weighted by Crippen LogP contribution is 2.49. The lowest BCUT2D eigenvalue weighted by atomic mass is 9.73. The molecule has 1 heterocycles. The third kappa shape index (κ3) is 2.04. The van der Waals surface area contributed by atoms with E-state index < -0.39 is 0 Å². The van der Waals surface area contributed by atoms with Gasteiger partial charge in [0.1, 0.15) is 0 Å². The molecule has 1 saturated carbocycles. The zero-order valence-corrected chi connectivity index (χ0v) is 11.6. The van der Waals surface area contributed by atoms with Crippen LogP contribution in [0.15, 0.2) is 36.5 Å². The number of rotatable bonds is 3. The first-order valence-electron chi connectivity index (χ1n) is 7.36. The molecule has 1 atom stereocenters. The molecule has 1 aromatic carbocycles. The summed E-state index contributed by atoms with van der Waals surface area (Å²) in [7, 11) is 0. The van der Waals surface area contributed by atoms with Crippen LogP contribution in [0.1, 0.15) is 50.6 Å². The maximum Gasteiger partial charge on any atom is 0.0749 e. The van der Waals surface area contributed by atoms with Crippen LogP contribution < -0.4 is 5.73 Å². The van der Waals surface area contributed by atoms with Gasteiger partial charge in [-0.15, -0.1) is 0 Å². The summed E-state index contributed by atoms with van der Waals surface area (Å²) in [5.74, 6) is 0. The van der Waals surface area contributed by atoms with Crippen molar-refractivity contribution < 1.29 is 0 Å². The number of nitrogens with zero attached hydrogens (tertiary/aromatic N) is 1. The van der Waals surface area contributed by atoms with Crippen LogP contribution in [0.2, 0.25) is 0 Å². The summed E-state index contributed by atoms with van der Waals surface area (Å²) in [5, 5.41) is 1.19. The maximum absolute atomic E-state index is 6.67. The Morgan fingerprint density at radius 3 is 2.68 bits per heavy atom. The summed E-state index contributed by atoms with van der Waals surface area (Å²) >= 11 is 0. The average Bonchev–Trinajstić information content (AvgIpc) is 2.96. The predicted octanol–water partition coefficient (Wildman–Crippen LogP) is 4.21. The van der Waals surface area contributed by atoms with Crippen LogP contribution in [-0.2, 0) is 0 Å². The van der Waals surface area contributed by atoms with E-state index in [0.717, 1.165) is 11.9 Å². The van der Waals surface area contributed by atoms with Crippen molar-refractivity contribution in [1.29, 1.82) is 0 Å². The third-order valence-corrected chi connectivity index (χ3v) is 4.96. The molecule has 0 aliphatic heterocycles. The topological polar surface area (TPSA) is 38.9 Å². The monoisotopic (exact) mass is 254 g/mol. The Hall–Kier alpha value is -1.41. The Labute approximate surface area is 115 Å². The lowest BCUT2D eigenvalue weighted by Gasteiger charge is -2.35. The van der Waals surface area contributed by atoms with Gasteiger partial charge in [-0.05, 0) is 36.3 Å². The summed E-state index contributed by atoms with van der Waals surface area (Å²) in [5.41, 5.74) is 9.26. The van der Waals surface area contributed by atoms with Crippen molar-refractivity contribution >= 4 is 10.9 Å². The van der Waals surface area contributed by atoms with Gasteiger partial charge in [-0.25, -0.2) is 0 Å². The summed E-state index contributed by atoms with van der Waals surface area (Å²) in [4.78, 5) is 4.56. The van der Waals surface area contributed by atoms with Gasteiger partial charge < -0.3 is 5.73 Å². The van der Waals surface area contributed by atoms with Gasteiger partial charge in [-0.2, -0.15) is 0 Å². The first kappa shape index (κ1) is 12.6. The minimum Gasteiger partial charge on any atom is -0.323 e. The zero-order valence-electron chi connectivity index (χ0n) is 11.6. The fourth-order valence-corrected chi connectivity index (χ4v) is 3.67. The predicted molar refractivity (Wildman–Crippen MR) is 79.9 cm³/mol. The SMILES string of the molecule is CCC1(C(N)c2cccc3cccnc23)CCCC1. The van der Waals surface area contributed by atoms with Gasteiger partial charge in [0.15, 0.2) is 0 Å². The van der Waals surface area contributed by atoms with E-state index in [0.29, 0.717) is 0 Å². The largest absolute Gasteiger partial charge is 0.323 e. The fourth-order valence-electron chi connectivity index (χ4n) is 3.67. The maximum atomic E-state index is 6.67. The summed E-state index contributed by atoms with van der Waals surface area (Å²) < 4.78 is 0. The van der Waals surface area contributed by atoms with Crippen molar-refractivity contribution in [2.24, 2.45) is 11.1 Å². The van der Waals surface area contributed by atoms with Crippen LogP contribution in [0.4, 0.5) is 0 Å². The normalized spacial score (nSPS) is 19.7. The van der Waals surface area contributed by atoms with Gasteiger partial charge in [-0.3, -0.25) is 4.98 Å². The molecule has 1 aliphatic rings. The quantitative estimate of drug-likeness (QED) is 0.891. The fraction of sp³-hybridized carbons (Fsp3) is 0.471. The second-order valence-electron chi connectivity index (χ2n) is 5.82. The Kier molecular flexibility index (Phi) is 3.28. The molecule has 0 amide bonds. The standard InChI is InChI=1S/C17H22N2/c1-2-17(10-3-4-11-17)16(18)14-9-5-7-13-8-6-12-19-15(13)14/h5-9,12,16H,2-4,10-11,18H2,1H3. The molecule has 0 saturated heterocycles. The van der Waals surface area contributed by atoms with Gasteiger partial charge in [0, 0.05) is 17.6 Å². The molecular formula is C17H22N2. The Balaban J connectivity index is 2.08. The first-order valence-corrected chi connectivity index (χ1v) is 7.36. The number of hydrogen-bond donors (Lipinski definition) is 1. The first-order chi connectivity index (χ1) is 9.27. The van der Waals surface area contributed by atoms with Crippen LogP contribution >= 0.6 is 0 Å². The van der Waals surface area contributed by atoms with Crippen molar-refractivity contribution in [3.05, 3.63) is 42.1 Å². The highest BCUT2D eigenvalue weighted by Gasteiger charge is 2.39. The van der Waals surface area contributed by atoms with E-state index >= 15 is 0 Å². The molecule has 0 bridgehead atoms. The third-order valence-electron chi connectivity index (χ3n) is 4.96. The number of pyridine rings is 1. The van der Waals surface area contributed by atoms with E-state index in [4.69, 9.17) is 5.73 Å². The molecule has 2 N–H and O–H groups in total. The van der Waals surface area contributed by atoms with Crippen LogP contribution in [0, 0.1) is 5.41 Å². The van der Waals surface area contributed by atoms with Gasteiger partial charge in [0.2, 0.25) is 0 Å². The van der Waals surface area contributed by atoms with E-state index in [1.807, 2.05) is 12.3 Å². The molecular weight excluding hydrogens is 232 g/mol. The van der Waals surface area contributed by atoms with E-state index in [1.54, 1.807) is 0 Å². The molecule has 100 valence electrons. The minimum absolute atomic E-state index is 0.110. The number of nitrogens with two attached hydrogens (primary N) is 1. The van der Waals surface area contributed by atoms with Crippen LogP contribution in [0.25, 0.3) is 10.9 Å². The highest BCUT2D eigenvalue weighted by molar-refractivity contribution is 5.82. The molecule has 2 nitrogen and oxygen atoms in total. The number of fused-ring (bicyclic) bond motifs is 1. The van der Waals surface area contributed by atoms with E-state index in [1.165, 1.54) is 36.6 Å². The van der Waals surface area contributed by atoms with Crippen molar-refractivity contribution in [3.63, 3.8) is 0 Å². The summed E-state index contributed by atoms with van der Waals surface area (Å²) in [6.07, 6.45) is 8.18. The lowest BCUT2D eigenvalue weighted by molar-refractivity contribution is 0.223. The average molecular weight is 254 g/mol. The van der Waals surface area contributed by atoms with Gasteiger partial charge >= 0.3 is 0 Å². The molecule has 1 aromatic heterocycles. The Bertz CT molecular complexity index is 565. The molecule has 1 aliphatic carbocycles. The number of hydrogen-bond acceptors (Lipinski definition) is 2. The lowest BCUT2D eigenvalue weighted by Crippen LogP contribution is -2.31. The Morgan fingerprint density at radius 2 is 1.95 bits per heavy atom. The molecule has 2 aromatic rings. The van der Waals surface area contributed by atoms with Crippen molar-refractivity contribution in [3.8, 4) is 0 Å². The molecule has 19 heavy (non-hydrogen) atoms. The van der Waals surface area contributed by atoms with E-state index in [9.17, 15) is 0 Å². The molecule has 1 unspecified atom stereocenters.